The summed E-state index contributed by atoms with van der Waals surface area (Å²) in [6, 6.07) is 29.0. The van der Waals surface area contributed by atoms with Gasteiger partial charge in [0, 0.05) is 11.1 Å². The Labute approximate surface area is 204 Å². The Bertz CT molecular complexity index is 1710. The molecule has 0 aliphatic carbocycles. The number of rotatable bonds is 5. The number of hydrogen-bond acceptors (Lipinski definition) is 4. The molecule has 0 saturated heterocycles. The molecule has 0 heterocycles. The van der Waals surface area contributed by atoms with Gasteiger partial charge in [-0.3, -0.25) is 4.79 Å². The fraction of sp³-hybridized carbons (Fsp3) is 0.0690. The highest BCUT2D eigenvalue weighted by atomic mass is 32.2. The monoisotopic (exact) mass is 481 g/mol. The molecule has 0 aliphatic rings. The van der Waals surface area contributed by atoms with Gasteiger partial charge in [0.2, 0.25) is 0 Å². The third kappa shape index (κ3) is 4.36. The zero-order valence-corrected chi connectivity index (χ0v) is 20.1. The van der Waals surface area contributed by atoms with Crippen LogP contribution < -0.4 is 9.50 Å². The number of carbonyl (C=O) groups is 1. The van der Waals surface area contributed by atoms with Crippen LogP contribution in [0.5, 0.6) is 5.75 Å². The molecule has 6 heteroatoms. The van der Waals surface area contributed by atoms with E-state index in [1.165, 1.54) is 0 Å². The lowest BCUT2D eigenvalue weighted by Crippen LogP contribution is -2.18. The van der Waals surface area contributed by atoms with Crippen LogP contribution in [0.3, 0.4) is 0 Å². The molecule has 35 heavy (non-hydrogen) atoms. The van der Waals surface area contributed by atoms with Crippen LogP contribution in [0.4, 0.5) is 5.69 Å². The average molecular weight is 482 g/mol. The maximum atomic E-state index is 13.6. The van der Waals surface area contributed by atoms with Crippen LogP contribution >= 0.6 is 0 Å². The summed E-state index contributed by atoms with van der Waals surface area (Å²) in [5.74, 6) is -0.480. The zero-order chi connectivity index (χ0) is 24.6. The Morgan fingerprint density at radius 1 is 0.714 bits per heavy atom. The van der Waals surface area contributed by atoms with Crippen molar-refractivity contribution in [2.45, 2.75) is 18.7 Å². The van der Waals surface area contributed by atoms with Gasteiger partial charge in [0.25, 0.3) is 5.91 Å². The first-order valence-corrected chi connectivity index (χ1v) is 12.6. The van der Waals surface area contributed by atoms with E-state index in [4.69, 9.17) is 4.18 Å². The van der Waals surface area contributed by atoms with E-state index >= 15 is 0 Å². The highest BCUT2D eigenvalue weighted by molar-refractivity contribution is 7.87. The third-order valence-corrected chi connectivity index (χ3v) is 7.45. The normalized spacial score (nSPS) is 11.5. The van der Waals surface area contributed by atoms with Crippen molar-refractivity contribution in [3.8, 4) is 5.75 Å². The number of benzene rings is 5. The van der Waals surface area contributed by atoms with Crippen molar-refractivity contribution in [2.24, 2.45) is 0 Å². The lowest BCUT2D eigenvalue weighted by atomic mass is 10.1. The van der Waals surface area contributed by atoms with Gasteiger partial charge in [-0.2, -0.15) is 8.42 Å². The van der Waals surface area contributed by atoms with Gasteiger partial charge in [-0.25, -0.2) is 0 Å². The van der Waals surface area contributed by atoms with E-state index in [0.29, 0.717) is 16.6 Å². The minimum absolute atomic E-state index is 0.0258. The van der Waals surface area contributed by atoms with Gasteiger partial charge in [0.05, 0.1) is 5.56 Å². The predicted molar refractivity (Wildman–Crippen MR) is 140 cm³/mol. The van der Waals surface area contributed by atoms with Crippen LogP contribution in [-0.2, 0) is 10.1 Å². The molecular weight excluding hydrogens is 458 g/mol. The molecule has 1 N–H and O–H groups in total. The minimum Gasteiger partial charge on any atom is -0.378 e. The van der Waals surface area contributed by atoms with E-state index in [2.05, 4.69) is 5.32 Å². The maximum absolute atomic E-state index is 13.6. The number of hydrogen-bond donors (Lipinski definition) is 1. The third-order valence-electron chi connectivity index (χ3n) is 6.01. The molecular formula is C29H23NO4S. The standard InChI is InChI=1S/C29H23NO4S/c1-19-9-3-8-14-26(19)30-29(31)25-17-22-11-4-5-12-23(22)18-27(25)34-35(32,33)28-20(2)15-16-21-10-6-7-13-24(21)28/h3-18H,1-2H3,(H,30,31). The largest absolute Gasteiger partial charge is 0.378 e. The SMILES string of the molecule is Cc1ccccc1NC(=O)c1cc2ccccc2cc1OS(=O)(=O)c1c(C)ccc2ccccc12. The Morgan fingerprint density at radius 2 is 1.34 bits per heavy atom. The molecule has 0 fully saturated rings. The summed E-state index contributed by atoms with van der Waals surface area (Å²) >= 11 is 0. The van der Waals surface area contributed by atoms with E-state index in [9.17, 15) is 13.2 Å². The highest BCUT2D eigenvalue weighted by Crippen LogP contribution is 2.33. The van der Waals surface area contributed by atoms with Crippen LogP contribution in [-0.4, -0.2) is 14.3 Å². The first-order valence-electron chi connectivity index (χ1n) is 11.2. The Morgan fingerprint density at radius 3 is 2.09 bits per heavy atom. The van der Waals surface area contributed by atoms with Crippen molar-refractivity contribution in [3.05, 3.63) is 114 Å². The summed E-state index contributed by atoms with van der Waals surface area (Å²) in [5.41, 5.74) is 2.23. The van der Waals surface area contributed by atoms with E-state index in [1.54, 1.807) is 43.3 Å². The van der Waals surface area contributed by atoms with E-state index in [-0.39, 0.29) is 16.2 Å². The molecule has 5 rings (SSSR count). The second kappa shape index (κ2) is 8.89. The van der Waals surface area contributed by atoms with Crippen molar-refractivity contribution in [2.75, 3.05) is 5.32 Å². The van der Waals surface area contributed by atoms with Gasteiger partial charge in [-0.1, -0.05) is 78.9 Å². The number of para-hydroxylation sites is 1. The summed E-state index contributed by atoms with van der Waals surface area (Å²) in [4.78, 5) is 13.4. The molecule has 0 atom stereocenters. The average Bonchev–Trinajstić information content (AvgIpc) is 2.84. The molecule has 174 valence electrons. The number of aryl methyl sites for hydroxylation is 2. The smallest absolute Gasteiger partial charge is 0.340 e. The molecule has 1 amide bonds. The van der Waals surface area contributed by atoms with Crippen LogP contribution in [0.15, 0.2) is 102 Å². The molecule has 0 bridgehead atoms. The van der Waals surface area contributed by atoms with Crippen molar-refractivity contribution in [1.82, 2.24) is 0 Å². The molecule has 0 unspecified atom stereocenters. The first kappa shape index (κ1) is 22.6. The number of amides is 1. The fourth-order valence-electron chi connectivity index (χ4n) is 4.21. The van der Waals surface area contributed by atoms with Crippen LogP contribution in [0.25, 0.3) is 21.5 Å². The molecule has 0 aromatic heterocycles. The quantitative estimate of drug-likeness (QED) is 0.286. The van der Waals surface area contributed by atoms with Gasteiger partial charge in [-0.05, 0) is 59.3 Å². The second-order valence-corrected chi connectivity index (χ2v) is 9.92. The summed E-state index contributed by atoms with van der Waals surface area (Å²) in [6.45, 7) is 3.62. The van der Waals surface area contributed by atoms with Gasteiger partial charge in [-0.15, -0.1) is 0 Å². The Balaban J connectivity index is 1.63. The van der Waals surface area contributed by atoms with Crippen LogP contribution in [0.1, 0.15) is 21.5 Å². The molecule has 5 aromatic rings. The van der Waals surface area contributed by atoms with Crippen LogP contribution in [0.2, 0.25) is 0 Å². The van der Waals surface area contributed by atoms with Gasteiger partial charge in [0.1, 0.15) is 4.90 Å². The van der Waals surface area contributed by atoms with Crippen molar-refractivity contribution in [1.29, 1.82) is 0 Å². The van der Waals surface area contributed by atoms with E-state index in [1.807, 2.05) is 67.6 Å². The lowest BCUT2D eigenvalue weighted by molar-refractivity contribution is 0.102. The number of anilines is 1. The van der Waals surface area contributed by atoms with Crippen molar-refractivity contribution in [3.63, 3.8) is 0 Å². The van der Waals surface area contributed by atoms with Gasteiger partial charge >= 0.3 is 10.1 Å². The summed E-state index contributed by atoms with van der Waals surface area (Å²) in [6.07, 6.45) is 0. The summed E-state index contributed by atoms with van der Waals surface area (Å²) in [5, 5.41) is 5.80. The van der Waals surface area contributed by atoms with E-state index in [0.717, 1.165) is 21.7 Å². The van der Waals surface area contributed by atoms with E-state index < -0.39 is 16.0 Å². The van der Waals surface area contributed by atoms with Gasteiger partial charge < -0.3 is 9.50 Å². The number of carbonyl (C=O) groups excluding carboxylic acids is 1. The molecule has 0 spiro atoms. The second-order valence-electron chi connectivity index (χ2n) is 8.43. The zero-order valence-electron chi connectivity index (χ0n) is 19.3. The summed E-state index contributed by atoms with van der Waals surface area (Å²) < 4.78 is 32.9. The lowest BCUT2D eigenvalue weighted by Gasteiger charge is -2.16. The molecule has 0 saturated carbocycles. The molecule has 0 radical (unpaired) electrons. The maximum Gasteiger partial charge on any atom is 0.340 e. The van der Waals surface area contributed by atoms with Crippen molar-refractivity contribution < 1.29 is 17.4 Å². The number of fused-ring (bicyclic) bond motifs is 2. The summed E-state index contributed by atoms with van der Waals surface area (Å²) in [7, 11) is -4.26. The minimum atomic E-state index is -4.26. The molecule has 5 nitrogen and oxygen atoms in total. The number of nitrogens with one attached hydrogen (secondary N) is 1. The van der Waals surface area contributed by atoms with Gasteiger partial charge in [0.15, 0.2) is 5.75 Å². The highest BCUT2D eigenvalue weighted by Gasteiger charge is 2.26. The fourth-order valence-corrected chi connectivity index (χ4v) is 5.59. The predicted octanol–water partition coefficient (Wildman–Crippen LogP) is 6.63. The topological polar surface area (TPSA) is 72.5 Å². The Kier molecular flexibility index (Phi) is 5.75. The molecule has 0 aliphatic heterocycles. The Hall–Kier alpha value is -4.16. The van der Waals surface area contributed by atoms with Crippen LogP contribution in [0, 0.1) is 13.8 Å². The van der Waals surface area contributed by atoms with Crippen molar-refractivity contribution >= 4 is 43.3 Å². The molecule has 5 aromatic carbocycles. The first-order chi connectivity index (χ1) is 16.8.